The van der Waals surface area contributed by atoms with E-state index in [1.54, 1.807) is 7.11 Å². The van der Waals surface area contributed by atoms with Crippen LogP contribution in [-0.2, 0) is 17.8 Å². The molecule has 1 aliphatic carbocycles. The van der Waals surface area contributed by atoms with Crippen LogP contribution in [0, 0.1) is 0 Å². The average Bonchev–Trinajstić information content (AvgIpc) is 3.25. The first kappa shape index (κ1) is 16.0. The van der Waals surface area contributed by atoms with Gasteiger partial charge in [0, 0.05) is 17.1 Å². The molecule has 0 radical (unpaired) electrons. The minimum absolute atomic E-state index is 0.204. The van der Waals surface area contributed by atoms with E-state index in [9.17, 15) is 4.79 Å². The van der Waals surface area contributed by atoms with Crippen molar-refractivity contribution in [3.63, 3.8) is 0 Å². The van der Waals surface area contributed by atoms with Gasteiger partial charge in [-0.15, -0.1) is 0 Å². The molecule has 1 fully saturated rings. The summed E-state index contributed by atoms with van der Waals surface area (Å²) in [5, 5.41) is 0.655. The molecule has 23 heavy (non-hydrogen) atoms. The third-order valence-electron chi connectivity index (χ3n) is 4.32. The first-order valence-corrected chi connectivity index (χ1v) is 8.90. The lowest BCUT2D eigenvalue weighted by Gasteiger charge is -2.28. The van der Waals surface area contributed by atoms with Crippen molar-refractivity contribution in [3.05, 3.63) is 47.0 Å². The van der Waals surface area contributed by atoms with Gasteiger partial charge >= 0.3 is 0 Å². The fourth-order valence-corrected chi connectivity index (χ4v) is 3.86. The molecular formula is C18H22N2O2S. The zero-order valence-electron chi connectivity index (χ0n) is 13.4. The van der Waals surface area contributed by atoms with Gasteiger partial charge in [0.1, 0.15) is 0 Å². The molecule has 1 heterocycles. The topological polar surface area (TPSA) is 42.4 Å². The normalized spacial score (nSPS) is 14.8. The molecular weight excluding hydrogens is 308 g/mol. The quantitative estimate of drug-likeness (QED) is 0.811. The summed E-state index contributed by atoms with van der Waals surface area (Å²) in [6.07, 6.45) is 6.93. The molecule has 3 rings (SSSR count). The Hall–Kier alpha value is -1.88. The second-order valence-electron chi connectivity index (χ2n) is 5.92. The molecule has 1 amide bonds. The van der Waals surface area contributed by atoms with Gasteiger partial charge in [0.05, 0.1) is 20.1 Å². The molecule has 1 aromatic carbocycles. The number of aromatic nitrogens is 1. The molecule has 0 bridgehead atoms. The molecule has 0 spiro atoms. The number of methoxy groups -OCH3 is 1. The first-order chi connectivity index (χ1) is 11.3. The Bertz CT molecular complexity index is 635. The van der Waals surface area contributed by atoms with E-state index >= 15 is 0 Å². The van der Waals surface area contributed by atoms with Crippen LogP contribution in [0.3, 0.4) is 0 Å². The van der Waals surface area contributed by atoms with Crippen LogP contribution in [0.1, 0.15) is 36.1 Å². The maximum atomic E-state index is 12.9. The van der Waals surface area contributed by atoms with Crippen LogP contribution < -0.4 is 4.74 Å². The van der Waals surface area contributed by atoms with Gasteiger partial charge in [-0.25, -0.2) is 4.98 Å². The van der Waals surface area contributed by atoms with E-state index in [1.165, 1.54) is 24.2 Å². The Kier molecular flexibility index (Phi) is 5.28. The Morgan fingerprint density at radius 2 is 2.04 bits per heavy atom. The SMILES string of the molecule is COc1ncc(CN(C(=O)Cc2ccccc2)C2CCCC2)s1. The lowest BCUT2D eigenvalue weighted by Crippen LogP contribution is -2.39. The lowest BCUT2D eigenvalue weighted by atomic mass is 10.1. The number of hydrogen-bond donors (Lipinski definition) is 0. The van der Waals surface area contributed by atoms with Crippen LogP contribution in [0.2, 0.25) is 0 Å². The van der Waals surface area contributed by atoms with E-state index in [0.29, 0.717) is 24.2 Å². The molecule has 0 unspecified atom stereocenters. The van der Waals surface area contributed by atoms with Crippen molar-refractivity contribution >= 4 is 17.2 Å². The van der Waals surface area contributed by atoms with Crippen molar-refractivity contribution in [2.45, 2.75) is 44.7 Å². The van der Waals surface area contributed by atoms with Gasteiger partial charge in [0.2, 0.25) is 5.91 Å². The molecule has 2 aromatic rings. The molecule has 1 aliphatic rings. The fraction of sp³-hybridized carbons (Fsp3) is 0.444. The molecule has 5 heteroatoms. The number of benzene rings is 1. The molecule has 0 atom stereocenters. The zero-order chi connectivity index (χ0) is 16.1. The van der Waals surface area contributed by atoms with E-state index in [-0.39, 0.29) is 5.91 Å². The van der Waals surface area contributed by atoms with Crippen molar-refractivity contribution < 1.29 is 9.53 Å². The number of amides is 1. The third kappa shape index (κ3) is 4.10. The standard InChI is InChI=1S/C18H22N2O2S/c1-22-18-19-12-16(23-18)13-20(15-9-5-6-10-15)17(21)11-14-7-3-2-4-8-14/h2-4,7-8,12,15H,5-6,9-11,13H2,1H3. The van der Waals surface area contributed by atoms with Gasteiger partial charge in [-0.2, -0.15) is 0 Å². The molecule has 0 saturated heterocycles. The van der Waals surface area contributed by atoms with Crippen molar-refractivity contribution in [2.24, 2.45) is 0 Å². The molecule has 122 valence electrons. The van der Waals surface area contributed by atoms with Gasteiger partial charge in [-0.1, -0.05) is 54.5 Å². The van der Waals surface area contributed by atoms with E-state index in [1.807, 2.05) is 41.4 Å². The highest BCUT2D eigenvalue weighted by Crippen LogP contribution is 2.28. The van der Waals surface area contributed by atoms with Crippen molar-refractivity contribution in [1.29, 1.82) is 0 Å². The van der Waals surface area contributed by atoms with Gasteiger partial charge in [0.25, 0.3) is 5.19 Å². The molecule has 0 aliphatic heterocycles. The Morgan fingerprint density at radius 3 is 2.70 bits per heavy atom. The van der Waals surface area contributed by atoms with Crippen LogP contribution in [0.4, 0.5) is 0 Å². The largest absolute Gasteiger partial charge is 0.473 e. The van der Waals surface area contributed by atoms with Gasteiger partial charge < -0.3 is 9.64 Å². The van der Waals surface area contributed by atoms with Crippen LogP contribution in [0.5, 0.6) is 5.19 Å². The van der Waals surface area contributed by atoms with E-state index < -0.39 is 0 Å². The number of carbonyl (C=O) groups excluding carboxylic acids is 1. The van der Waals surface area contributed by atoms with Gasteiger partial charge in [-0.05, 0) is 18.4 Å². The second-order valence-corrected chi connectivity index (χ2v) is 7.00. The van der Waals surface area contributed by atoms with Crippen LogP contribution >= 0.6 is 11.3 Å². The molecule has 1 aromatic heterocycles. The number of nitrogens with zero attached hydrogens (tertiary/aromatic N) is 2. The third-order valence-corrected chi connectivity index (χ3v) is 5.26. The summed E-state index contributed by atoms with van der Waals surface area (Å²) >= 11 is 1.52. The minimum atomic E-state index is 0.204. The lowest BCUT2D eigenvalue weighted by molar-refractivity contribution is -0.133. The number of thiazole rings is 1. The van der Waals surface area contributed by atoms with Gasteiger partial charge in [0.15, 0.2) is 0 Å². The van der Waals surface area contributed by atoms with Crippen LogP contribution in [-0.4, -0.2) is 28.9 Å². The molecule has 4 nitrogen and oxygen atoms in total. The first-order valence-electron chi connectivity index (χ1n) is 8.08. The monoisotopic (exact) mass is 330 g/mol. The summed E-state index contributed by atoms with van der Waals surface area (Å²) in [6.45, 7) is 0.636. The summed E-state index contributed by atoms with van der Waals surface area (Å²) in [6, 6.07) is 10.3. The number of ether oxygens (including phenoxy) is 1. The summed E-state index contributed by atoms with van der Waals surface area (Å²) in [5.41, 5.74) is 1.07. The minimum Gasteiger partial charge on any atom is -0.473 e. The van der Waals surface area contributed by atoms with Crippen molar-refractivity contribution in [3.8, 4) is 5.19 Å². The van der Waals surface area contributed by atoms with Crippen LogP contribution in [0.15, 0.2) is 36.5 Å². The Morgan fingerprint density at radius 1 is 1.30 bits per heavy atom. The highest BCUT2D eigenvalue weighted by Gasteiger charge is 2.27. The summed E-state index contributed by atoms with van der Waals surface area (Å²) in [4.78, 5) is 20.2. The summed E-state index contributed by atoms with van der Waals surface area (Å²) in [5.74, 6) is 0.204. The predicted molar refractivity (Wildman–Crippen MR) is 91.6 cm³/mol. The number of rotatable bonds is 6. The fourth-order valence-electron chi connectivity index (χ4n) is 3.13. The highest BCUT2D eigenvalue weighted by atomic mass is 32.1. The van der Waals surface area contributed by atoms with E-state index in [0.717, 1.165) is 23.3 Å². The second kappa shape index (κ2) is 7.59. The maximum Gasteiger partial charge on any atom is 0.273 e. The Balaban J connectivity index is 1.73. The number of hydrogen-bond acceptors (Lipinski definition) is 4. The molecule has 0 N–H and O–H groups in total. The predicted octanol–water partition coefficient (Wildman–Crippen LogP) is 3.67. The number of carbonyl (C=O) groups is 1. The van der Waals surface area contributed by atoms with Crippen molar-refractivity contribution in [2.75, 3.05) is 7.11 Å². The summed E-state index contributed by atoms with van der Waals surface area (Å²) in [7, 11) is 1.62. The zero-order valence-corrected chi connectivity index (χ0v) is 14.2. The van der Waals surface area contributed by atoms with Crippen LogP contribution in [0.25, 0.3) is 0 Å². The van der Waals surface area contributed by atoms with E-state index in [4.69, 9.17) is 4.74 Å². The summed E-state index contributed by atoms with van der Waals surface area (Å²) < 4.78 is 5.16. The highest BCUT2D eigenvalue weighted by molar-refractivity contribution is 7.13. The Labute approximate surface area is 141 Å². The average molecular weight is 330 g/mol. The maximum absolute atomic E-state index is 12.9. The molecule has 1 saturated carbocycles. The van der Waals surface area contributed by atoms with E-state index in [2.05, 4.69) is 4.98 Å². The van der Waals surface area contributed by atoms with Gasteiger partial charge in [-0.3, -0.25) is 4.79 Å². The smallest absolute Gasteiger partial charge is 0.273 e. The van der Waals surface area contributed by atoms with Crippen molar-refractivity contribution in [1.82, 2.24) is 9.88 Å².